The molecular formula is C17H25FN2O2. The van der Waals surface area contributed by atoms with Crippen LogP contribution < -0.4 is 5.32 Å². The average molecular weight is 308 g/mol. The van der Waals surface area contributed by atoms with E-state index < -0.39 is 0 Å². The highest BCUT2D eigenvalue weighted by Crippen LogP contribution is 2.10. The van der Waals surface area contributed by atoms with E-state index in [4.69, 9.17) is 0 Å². The molecule has 1 N–H and O–H groups in total. The first-order chi connectivity index (χ1) is 10.2. The van der Waals surface area contributed by atoms with Crippen LogP contribution >= 0.6 is 0 Å². The lowest BCUT2D eigenvalue weighted by Crippen LogP contribution is -2.48. The molecule has 0 spiro atoms. The zero-order chi connectivity index (χ0) is 16.8. The van der Waals surface area contributed by atoms with E-state index in [2.05, 4.69) is 5.32 Å². The van der Waals surface area contributed by atoms with E-state index in [0.717, 1.165) is 0 Å². The third kappa shape index (κ3) is 5.93. The summed E-state index contributed by atoms with van der Waals surface area (Å²) in [5.41, 5.74) is 0.370. The molecule has 1 amide bonds. The van der Waals surface area contributed by atoms with Crippen molar-refractivity contribution < 1.29 is 14.0 Å². The molecule has 0 atom stereocenters. The minimum atomic E-state index is -0.362. The number of carbonyl (C=O) groups excluding carboxylic acids is 2. The molecule has 0 saturated carbocycles. The van der Waals surface area contributed by atoms with Crippen molar-refractivity contribution >= 4 is 11.7 Å². The summed E-state index contributed by atoms with van der Waals surface area (Å²) >= 11 is 0. The van der Waals surface area contributed by atoms with Gasteiger partial charge in [-0.1, -0.05) is 0 Å². The Balaban J connectivity index is 2.30. The van der Waals surface area contributed by atoms with E-state index in [9.17, 15) is 14.0 Å². The van der Waals surface area contributed by atoms with Gasteiger partial charge >= 0.3 is 0 Å². The fraction of sp³-hybridized carbons (Fsp3) is 0.529. The van der Waals surface area contributed by atoms with Crippen LogP contribution in [0.1, 0.15) is 43.5 Å². The minimum absolute atomic E-state index is 0.0539. The molecule has 122 valence electrons. The van der Waals surface area contributed by atoms with Gasteiger partial charge in [-0.25, -0.2) is 4.39 Å². The molecule has 0 heterocycles. The third-order valence-electron chi connectivity index (χ3n) is 3.90. The molecule has 0 aliphatic carbocycles. The summed E-state index contributed by atoms with van der Waals surface area (Å²) in [6, 6.07) is 5.47. The first kappa shape index (κ1) is 18.3. The maximum atomic E-state index is 12.8. The zero-order valence-electron chi connectivity index (χ0n) is 13.8. The van der Waals surface area contributed by atoms with E-state index in [1.54, 1.807) is 0 Å². The van der Waals surface area contributed by atoms with Crippen LogP contribution in [-0.4, -0.2) is 42.8 Å². The van der Waals surface area contributed by atoms with E-state index in [1.165, 1.54) is 24.3 Å². The second-order valence-electron chi connectivity index (χ2n) is 6.27. The van der Waals surface area contributed by atoms with E-state index in [-0.39, 0.29) is 29.5 Å². The molecule has 0 radical (unpaired) electrons. The summed E-state index contributed by atoms with van der Waals surface area (Å²) in [6.45, 7) is 4.65. The first-order valence-corrected chi connectivity index (χ1v) is 7.45. The molecule has 1 aromatic carbocycles. The number of halogens is 1. The molecule has 1 rings (SSSR count). The van der Waals surface area contributed by atoms with Crippen LogP contribution in [0.15, 0.2) is 24.3 Å². The van der Waals surface area contributed by atoms with Gasteiger partial charge in [0.1, 0.15) is 5.82 Å². The van der Waals surface area contributed by atoms with Crippen LogP contribution in [0, 0.1) is 5.82 Å². The summed E-state index contributed by atoms with van der Waals surface area (Å²) in [5, 5.41) is 2.88. The van der Waals surface area contributed by atoms with Gasteiger partial charge in [0.2, 0.25) is 5.91 Å². The second kappa shape index (κ2) is 8.03. The number of nitrogens with one attached hydrogen (secondary N) is 1. The number of rotatable bonds is 8. The minimum Gasteiger partial charge on any atom is -0.354 e. The molecular weight excluding hydrogens is 283 g/mol. The van der Waals surface area contributed by atoms with Gasteiger partial charge in [0.25, 0.3) is 0 Å². The average Bonchev–Trinajstić information content (AvgIpc) is 2.45. The first-order valence-electron chi connectivity index (χ1n) is 7.45. The quantitative estimate of drug-likeness (QED) is 0.751. The molecule has 0 bridgehead atoms. The Morgan fingerprint density at radius 1 is 1.14 bits per heavy atom. The number of amides is 1. The summed E-state index contributed by atoms with van der Waals surface area (Å²) < 4.78 is 12.8. The molecule has 0 fully saturated rings. The van der Waals surface area contributed by atoms with Gasteiger partial charge in [-0.05, 0) is 58.6 Å². The Morgan fingerprint density at radius 2 is 1.73 bits per heavy atom. The highest BCUT2D eigenvalue weighted by atomic mass is 19.1. The topological polar surface area (TPSA) is 49.4 Å². The number of carbonyl (C=O) groups is 2. The number of benzene rings is 1. The highest BCUT2D eigenvalue weighted by molar-refractivity contribution is 5.96. The Bertz CT molecular complexity index is 510. The van der Waals surface area contributed by atoms with Gasteiger partial charge in [-0.3, -0.25) is 9.59 Å². The van der Waals surface area contributed by atoms with Crippen molar-refractivity contribution in [1.29, 1.82) is 0 Å². The molecule has 0 aliphatic heterocycles. The predicted molar refractivity (Wildman–Crippen MR) is 85.4 cm³/mol. The van der Waals surface area contributed by atoms with Gasteiger partial charge in [0.15, 0.2) is 5.78 Å². The monoisotopic (exact) mass is 308 g/mol. The third-order valence-corrected chi connectivity index (χ3v) is 3.90. The number of nitrogens with zero attached hydrogens (tertiary/aromatic N) is 1. The maximum absolute atomic E-state index is 12.8. The lowest BCUT2D eigenvalue weighted by molar-refractivity contribution is -0.121. The SMILES string of the molecule is CN(C)C(C)(C)CNC(=O)CCCC(=O)c1ccc(F)cc1. The second-order valence-corrected chi connectivity index (χ2v) is 6.27. The van der Waals surface area contributed by atoms with Crippen molar-refractivity contribution in [3.05, 3.63) is 35.6 Å². The van der Waals surface area contributed by atoms with E-state index >= 15 is 0 Å². The Hall–Kier alpha value is -1.75. The van der Waals surface area contributed by atoms with Gasteiger partial charge in [0.05, 0.1) is 0 Å². The van der Waals surface area contributed by atoms with E-state index in [1.807, 2.05) is 32.8 Å². The molecule has 1 aromatic rings. The van der Waals surface area contributed by atoms with E-state index in [0.29, 0.717) is 24.9 Å². The van der Waals surface area contributed by atoms with Crippen molar-refractivity contribution in [3.8, 4) is 0 Å². The molecule has 0 aliphatic rings. The van der Waals surface area contributed by atoms with Crippen molar-refractivity contribution in [1.82, 2.24) is 10.2 Å². The van der Waals surface area contributed by atoms with Gasteiger partial charge in [-0.15, -0.1) is 0 Å². The van der Waals surface area contributed by atoms with Crippen LogP contribution in [0.4, 0.5) is 4.39 Å². The van der Waals surface area contributed by atoms with Crippen molar-refractivity contribution in [2.24, 2.45) is 0 Å². The fourth-order valence-corrected chi connectivity index (χ4v) is 1.75. The number of hydrogen-bond acceptors (Lipinski definition) is 3. The molecule has 0 saturated heterocycles. The molecule has 22 heavy (non-hydrogen) atoms. The van der Waals surface area contributed by atoms with Crippen molar-refractivity contribution in [3.63, 3.8) is 0 Å². The molecule has 4 nitrogen and oxygen atoms in total. The summed E-state index contributed by atoms with van der Waals surface area (Å²) in [6.07, 6.45) is 1.09. The maximum Gasteiger partial charge on any atom is 0.220 e. The Kier molecular flexibility index (Phi) is 6.68. The van der Waals surface area contributed by atoms with Crippen LogP contribution in [-0.2, 0) is 4.79 Å². The zero-order valence-corrected chi connectivity index (χ0v) is 13.8. The van der Waals surface area contributed by atoms with Crippen LogP contribution in [0.3, 0.4) is 0 Å². The van der Waals surface area contributed by atoms with Crippen molar-refractivity contribution in [2.45, 2.75) is 38.6 Å². The van der Waals surface area contributed by atoms with Crippen LogP contribution in [0.5, 0.6) is 0 Å². The van der Waals surface area contributed by atoms with Gasteiger partial charge < -0.3 is 10.2 Å². The number of hydrogen-bond donors (Lipinski definition) is 1. The predicted octanol–water partition coefficient (Wildman–Crippen LogP) is 2.64. The number of Topliss-reactive ketones (excluding diaryl/α,β-unsaturated/α-hetero) is 1. The molecule has 0 unspecified atom stereocenters. The lowest BCUT2D eigenvalue weighted by Gasteiger charge is -2.32. The standard InChI is InChI=1S/C17H25FN2O2/c1-17(2,20(3)4)12-19-16(22)7-5-6-15(21)13-8-10-14(18)11-9-13/h8-11H,5-7,12H2,1-4H3,(H,19,22). The molecule has 0 aromatic heterocycles. The van der Waals surface area contributed by atoms with Crippen LogP contribution in [0.2, 0.25) is 0 Å². The van der Waals surface area contributed by atoms with Gasteiger partial charge in [-0.2, -0.15) is 0 Å². The Morgan fingerprint density at radius 3 is 2.27 bits per heavy atom. The smallest absolute Gasteiger partial charge is 0.220 e. The summed E-state index contributed by atoms with van der Waals surface area (Å²) in [7, 11) is 3.93. The number of likely N-dealkylation sites (N-methyl/N-ethyl adjacent to an activating group) is 1. The fourth-order valence-electron chi connectivity index (χ4n) is 1.75. The molecule has 5 heteroatoms. The normalized spacial score (nSPS) is 11.5. The van der Waals surface area contributed by atoms with Crippen LogP contribution in [0.25, 0.3) is 0 Å². The largest absolute Gasteiger partial charge is 0.354 e. The number of ketones is 1. The summed E-state index contributed by atoms with van der Waals surface area (Å²) in [5.74, 6) is -0.484. The van der Waals surface area contributed by atoms with Gasteiger partial charge in [0, 0.05) is 30.5 Å². The highest BCUT2D eigenvalue weighted by Gasteiger charge is 2.20. The van der Waals surface area contributed by atoms with Crippen molar-refractivity contribution in [2.75, 3.05) is 20.6 Å². The lowest BCUT2D eigenvalue weighted by atomic mass is 10.0. The summed E-state index contributed by atoms with van der Waals surface area (Å²) in [4.78, 5) is 25.7. The Labute approximate surface area is 131 Å².